The lowest BCUT2D eigenvalue weighted by Crippen LogP contribution is -2.37. The molecule has 0 unspecified atom stereocenters. The van der Waals surface area contributed by atoms with Gasteiger partial charge in [0.15, 0.2) is 0 Å². The van der Waals surface area contributed by atoms with Crippen molar-refractivity contribution in [3.05, 3.63) is 34.9 Å². The van der Waals surface area contributed by atoms with E-state index in [9.17, 15) is 8.42 Å². The van der Waals surface area contributed by atoms with Gasteiger partial charge in [0.05, 0.1) is 4.90 Å². The maximum Gasteiger partial charge on any atom is 0.264 e. The number of unbranched alkanes of at least 4 members (excludes halogenated alkanes) is 2. The van der Waals surface area contributed by atoms with Crippen LogP contribution in [0.15, 0.2) is 22.5 Å². The van der Waals surface area contributed by atoms with Gasteiger partial charge in [-0.15, -0.1) is 6.58 Å². The molecule has 150 valence electrons. The normalized spacial score (nSPS) is 16.0. The van der Waals surface area contributed by atoms with Crippen molar-refractivity contribution in [3.63, 3.8) is 0 Å². The topological polar surface area (TPSA) is 93.8 Å². The van der Waals surface area contributed by atoms with Crippen molar-refractivity contribution in [2.45, 2.75) is 70.8 Å². The fourth-order valence-electron chi connectivity index (χ4n) is 3.47. The summed E-state index contributed by atoms with van der Waals surface area (Å²) in [7, 11) is -3.83. The maximum absolute atomic E-state index is 13.0. The van der Waals surface area contributed by atoms with Crippen molar-refractivity contribution >= 4 is 16.0 Å². The van der Waals surface area contributed by atoms with E-state index in [1.165, 1.54) is 0 Å². The van der Waals surface area contributed by atoms with Gasteiger partial charge in [-0.2, -0.15) is 0 Å². The van der Waals surface area contributed by atoms with E-state index < -0.39 is 10.0 Å². The van der Waals surface area contributed by atoms with E-state index in [4.69, 9.17) is 10.5 Å². The van der Waals surface area contributed by atoms with Crippen molar-refractivity contribution in [2.75, 3.05) is 6.54 Å². The summed E-state index contributed by atoms with van der Waals surface area (Å²) in [5, 5.41) is 0. The number of nitrogens with zero attached hydrogens (tertiary/aromatic N) is 1. The molecule has 0 atom stereocenters. The molecule has 1 aliphatic rings. The highest BCUT2D eigenvalue weighted by molar-refractivity contribution is 7.90. The number of hydrogen-bond donors (Lipinski definition) is 2. The molecule has 6 nitrogen and oxygen atoms in total. The van der Waals surface area contributed by atoms with Crippen LogP contribution >= 0.6 is 0 Å². The van der Waals surface area contributed by atoms with Crippen LogP contribution in [0.1, 0.15) is 55.4 Å². The van der Waals surface area contributed by atoms with Gasteiger partial charge in [0.25, 0.3) is 10.0 Å². The summed E-state index contributed by atoms with van der Waals surface area (Å²) in [6.45, 7) is 13.7. The smallest absolute Gasteiger partial charge is 0.264 e. The number of guanidine groups is 1. The van der Waals surface area contributed by atoms with E-state index in [-0.39, 0.29) is 16.5 Å². The van der Waals surface area contributed by atoms with Crippen molar-refractivity contribution in [1.29, 1.82) is 0 Å². The number of rotatable bonds is 7. The van der Waals surface area contributed by atoms with Gasteiger partial charge in [0.1, 0.15) is 11.4 Å². The molecule has 7 heteroatoms. The van der Waals surface area contributed by atoms with Crippen LogP contribution in [0.4, 0.5) is 0 Å². The molecule has 2 rings (SSSR count). The second-order valence-corrected chi connectivity index (χ2v) is 9.33. The third-order valence-electron chi connectivity index (χ3n) is 4.90. The Morgan fingerprint density at radius 3 is 2.56 bits per heavy atom. The molecule has 0 bridgehead atoms. The Labute approximate surface area is 163 Å². The molecule has 0 saturated carbocycles. The van der Waals surface area contributed by atoms with Gasteiger partial charge in [-0.3, -0.25) is 4.99 Å². The van der Waals surface area contributed by atoms with Gasteiger partial charge in [0.2, 0.25) is 5.96 Å². The van der Waals surface area contributed by atoms with Crippen LogP contribution in [0.2, 0.25) is 0 Å². The van der Waals surface area contributed by atoms with Crippen LogP contribution in [0.3, 0.4) is 0 Å². The number of aliphatic imine (C=N–C) groups is 1. The largest absolute Gasteiger partial charge is 0.487 e. The van der Waals surface area contributed by atoms with Crippen LogP contribution in [-0.2, 0) is 16.4 Å². The molecule has 0 fully saturated rings. The number of fused-ring (bicyclic) bond motifs is 1. The fraction of sp³-hybridized carbons (Fsp3) is 0.550. The number of nitrogens with two attached hydrogens (primary N) is 1. The third-order valence-corrected chi connectivity index (χ3v) is 6.53. The van der Waals surface area contributed by atoms with Gasteiger partial charge in [-0.1, -0.05) is 6.08 Å². The monoisotopic (exact) mass is 393 g/mol. The molecule has 0 amide bonds. The number of sulfonamides is 1. The zero-order valence-corrected chi connectivity index (χ0v) is 17.8. The summed E-state index contributed by atoms with van der Waals surface area (Å²) in [6, 6.07) is 0. The maximum atomic E-state index is 13.0. The van der Waals surface area contributed by atoms with Crippen molar-refractivity contribution in [1.82, 2.24) is 4.72 Å². The van der Waals surface area contributed by atoms with E-state index in [1.807, 2.05) is 33.8 Å². The molecule has 0 radical (unpaired) electrons. The summed E-state index contributed by atoms with van der Waals surface area (Å²) in [5.41, 5.74) is 8.66. The highest BCUT2D eigenvalue weighted by Gasteiger charge is 2.36. The van der Waals surface area contributed by atoms with Gasteiger partial charge in [0, 0.05) is 18.5 Å². The Morgan fingerprint density at radius 1 is 1.26 bits per heavy atom. The summed E-state index contributed by atoms with van der Waals surface area (Å²) < 4.78 is 34.5. The average Bonchev–Trinajstić information content (AvgIpc) is 2.88. The SMILES string of the molecule is C=CCCCCN=C(N)NS(=O)(=O)c1c(C)c(C)c2c(c1C)CC(C)(C)O2. The van der Waals surface area contributed by atoms with E-state index >= 15 is 0 Å². The first kappa shape index (κ1) is 21.3. The molecule has 1 aromatic rings. The lowest BCUT2D eigenvalue weighted by molar-refractivity contribution is 0.137. The lowest BCUT2D eigenvalue weighted by atomic mass is 9.94. The van der Waals surface area contributed by atoms with Crippen molar-refractivity contribution in [2.24, 2.45) is 10.7 Å². The molecular weight excluding hydrogens is 362 g/mol. The quantitative estimate of drug-likeness (QED) is 0.322. The molecule has 3 N–H and O–H groups in total. The molecule has 1 heterocycles. The zero-order chi connectivity index (χ0) is 20.4. The number of allylic oxidation sites excluding steroid dienone is 1. The van der Waals surface area contributed by atoms with Crippen LogP contribution in [-0.4, -0.2) is 26.5 Å². The van der Waals surface area contributed by atoms with E-state index in [2.05, 4.69) is 16.3 Å². The summed E-state index contributed by atoms with van der Waals surface area (Å²) in [5.74, 6) is 0.722. The molecule has 1 aliphatic heterocycles. The standard InChI is InChI=1S/C20H31N3O3S/c1-7-8-9-10-11-22-19(21)23-27(24,25)18-14(3)13(2)17-16(15(18)4)12-20(5,6)26-17/h7H,1,8-12H2,2-6H3,(H3,21,22,23). The Balaban J connectivity index is 2.31. The van der Waals surface area contributed by atoms with Crippen molar-refractivity contribution < 1.29 is 13.2 Å². The van der Waals surface area contributed by atoms with Crippen LogP contribution < -0.4 is 15.2 Å². The molecule has 0 saturated heterocycles. The highest BCUT2D eigenvalue weighted by atomic mass is 32.2. The number of nitrogens with one attached hydrogen (secondary N) is 1. The molecular formula is C20H31N3O3S. The van der Waals surface area contributed by atoms with E-state index in [1.54, 1.807) is 6.92 Å². The highest BCUT2D eigenvalue weighted by Crippen LogP contribution is 2.43. The minimum Gasteiger partial charge on any atom is -0.487 e. The second-order valence-electron chi connectivity index (χ2n) is 7.71. The summed E-state index contributed by atoms with van der Waals surface area (Å²) in [6.07, 6.45) is 5.21. The Morgan fingerprint density at radius 2 is 1.93 bits per heavy atom. The summed E-state index contributed by atoms with van der Waals surface area (Å²) >= 11 is 0. The lowest BCUT2D eigenvalue weighted by Gasteiger charge is -2.19. The Kier molecular flexibility index (Phi) is 6.24. The summed E-state index contributed by atoms with van der Waals surface area (Å²) in [4.78, 5) is 4.40. The minimum atomic E-state index is -3.83. The number of hydrogen-bond acceptors (Lipinski definition) is 4. The Hall–Kier alpha value is -2.02. The van der Waals surface area contributed by atoms with Gasteiger partial charge < -0.3 is 10.5 Å². The van der Waals surface area contributed by atoms with E-state index in [0.29, 0.717) is 24.1 Å². The van der Waals surface area contributed by atoms with Crippen LogP contribution in [0.25, 0.3) is 0 Å². The van der Waals surface area contributed by atoms with Gasteiger partial charge in [-0.05, 0) is 70.6 Å². The average molecular weight is 394 g/mol. The van der Waals surface area contributed by atoms with E-state index in [0.717, 1.165) is 36.1 Å². The zero-order valence-electron chi connectivity index (χ0n) is 17.0. The van der Waals surface area contributed by atoms with Crippen LogP contribution in [0, 0.1) is 20.8 Å². The first-order valence-electron chi connectivity index (χ1n) is 9.25. The first-order valence-corrected chi connectivity index (χ1v) is 10.7. The third kappa shape index (κ3) is 4.64. The molecule has 1 aromatic carbocycles. The molecule has 27 heavy (non-hydrogen) atoms. The Bertz CT molecular complexity index is 871. The van der Waals surface area contributed by atoms with Crippen LogP contribution in [0.5, 0.6) is 5.75 Å². The first-order chi connectivity index (χ1) is 12.5. The molecule has 0 aliphatic carbocycles. The molecule has 0 aromatic heterocycles. The number of benzene rings is 1. The fourth-order valence-corrected chi connectivity index (χ4v) is 4.99. The number of ether oxygens (including phenoxy) is 1. The van der Waals surface area contributed by atoms with Gasteiger partial charge >= 0.3 is 0 Å². The van der Waals surface area contributed by atoms with Gasteiger partial charge in [-0.25, -0.2) is 13.1 Å². The predicted octanol–water partition coefficient (Wildman–Crippen LogP) is 3.27. The molecule has 0 spiro atoms. The van der Waals surface area contributed by atoms with Crippen molar-refractivity contribution in [3.8, 4) is 5.75 Å². The second kappa shape index (κ2) is 7.92. The predicted molar refractivity (Wildman–Crippen MR) is 110 cm³/mol. The minimum absolute atomic E-state index is 0.0814.